The van der Waals surface area contributed by atoms with Gasteiger partial charge in [0.25, 0.3) is 0 Å². The molecule has 0 bridgehead atoms. The molecule has 11 heavy (non-hydrogen) atoms. The van der Waals surface area contributed by atoms with Crippen molar-refractivity contribution in [2.24, 2.45) is 0 Å². The number of hydrogen-bond acceptors (Lipinski definition) is 2. The molecule has 4 nitrogen and oxygen atoms in total. The largest absolute Gasteiger partial charge is 0.333 e. The van der Waals surface area contributed by atoms with Gasteiger partial charge in [0.2, 0.25) is 0 Å². The predicted octanol–water partition coefficient (Wildman–Crippen LogP) is -3.71. The Morgan fingerprint density at radius 1 is 1.00 bits per heavy atom. The molecule has 5 heteroatoms. The second-order valence-corrected chi connectivity index (χ2v) is 5.61. The Labute approximate surface area is 66.3 Å². The van der Waals surface area contributed by atoms with Crippen molar-refractivity contribution in [3.05, 3.63) is 0 Å². The molecular formula is C6H14N2O2S+2. The first kappa shape index (κ1) is 7.52. The van der Waals surface area contributed by atoms with Crippen molar-refractivity contribution >= 4 is 9.84 Å². The Bertz CT molecular complexity index is 229. The maximum atomic E-state index is 11.2. The van der Waals surface area contributed by atoms with Crippen molar-refractivity contribution in [1.82, 2.24) is 0 Å². The first-order valence-corrected chi connectivity index (χ1v) is 5.87. The number of nitrogens with two attached hydrogens (primary N) is 2. The molecule has 0 spiro atoms. The second-order valence-electron chi connectivity index (χ2n) is 3.45. The van der Waals surface area contributed by atoms with Gasteiger partial charge in [0.15, 0.2) is 21.9 Å². The molecule has 4 N–H and O–H groups in total. The summed E-state index contributed by atoms with van der Waals surface area (Å²) in [6.07, 6.45) is 0. The van der Waals surface area contributed by atoms with Gasteiger partial charge in [0.1, 0.15) is 24.6 Å². The fraction of sp³-hybridized carbons (Fsp3) is 1.00. The highest BCUT2D eigenvalue weighted by Gasteiger charge is 2.44. The van der Waals surface area contributed by atoms with Crippen molar-refractivity contribution < 1.29 is 19.1 Å². The Hall–Kier alpha value is -0.130. The maximum Gasteiger partial charge on any atom is 0.162 e. The van der Waals surface area contributed by atoms with E-state index in [0.29, 0.717) is 23.6 Å². The van der Waals surface area contributed by atoms with Crippen LogP contribution in [0, 0.1) is 0 Å². The third kappa shape index (κ3) is 1.40. The Balaban J connectivity index is 2.15. The van der Waals surface area contributed by atoms with Crippen LogP contribution in [0.5, 0.6) is 0 Å². The summed E-state index contributed by atoms with van der Waals surface area (Å²) in [6.45, 7) is 2.13. The number of fused-ring (bicyclic) bond motifs is 1. The van der Waals surface area contributed by atoms with Gasteiger partial charge >= 0.3 is 0 Å². The van der Waals surface area contributed by atoms with Crippen LogP contribution in [-0.2, 0) is 9.84 Å². The first-order valence-electron chi connectivity index (χ1n) is 4.04. The first-order chi connectivity index (χ1) is 5.17. The van der Waals surface area contributed by atoms with E-state index in [1.165, 1.54) is 0 Å². The molecule has 0 saturated carbocycles. The molecule has 0 aromatic rings. The highest BCUT2D eigenvalue weighted by molar-refractivity contribution is 7.91. The summed E-state index contributed by atoms with van der Waals surface area (Å²) in [6, 6.07) is 0.683. The summed E-state index contributed by atoms with van der Waals surface area (Å²) in [5.74, 6) is 0.794. The van der Waals surface area contributed by atoms with Gasteiger partial charge in [-0.3, -0.25) is 0 Å². The van der Waals surface area contributed by atoms with Crippen LogP contribution < -0.4 is 10.6 Å². The molecule has 2 heterocycles. The molecule has 2 fully saturated rings. The van der Waals surface area contributed by atoms with E-state index < -0.39 is 9.84 Å². The zero-order chi connectivity index (χ0) is 7.90. The minimum absolute atomic E-state index is 0.341. The van der Waals surface area contributed by atoms with E-state index in [4.69, 9.17) is 0 Å². The zero-order valence-corrected chi connectivity index (χ0v) is 7.18. The van der Waals surface area contributed by atoms with Gasteiger partial charge in [-0.1, -0.05) is 0 Å². The summed E-state index contributed by atoms with van der Waals surface area (Å²) in [5, 5.41) is 4.35. The van der Waals surface area contributed by atoms with E-state index in [9.17, 15) is 8.42 Å². The van der Waals surface area contributed by atoms with E-state index in [1.807, 2.05) is 0 Å². The summed E-state index contributed by atoms with van der Waals surface area (Å²) < 4.78 is 22.3. The molecule has 2 aliphatic rings. The van der Waals surface area contributed by atoms with Crippen molar-refractivity contribution in [3.8, 4) is 0 Å². The fourth-order valence-corrected chi connectivity index (χ4v) is 4.08. The van der Waals surface area contributed by atoms with Gasteiger partial charge in [-0.25, -0.2) is 8.42 Å². The third-order valence-corrected chi connectivity index (χ3v) is 4.33. The van der Waals surface area contributed by atoms with E-state index in [-0.39, 0.29) is 0 Å². The minimum atomic E-state index is -2.69. The number of piperazine rings is 1. The minimum Gasteiger partial charge on any atom is -0.333 e. The monoisotopic (exact) mass is 178 g/mol. The Kier molecular flexibility index (Phi) is 1.66. The van der Waals surface area contributed by atoms with Gasteiger partial charge in [-0.15, -0.1) is 0 Å². The lowest BCUT2D eigenvalue weighted by atomic mass is 10.1. The molecule has 64 valence electrons. The molecule has 0 unspecified atom stereocenters. The topological polar surface area (TPSA) is 67.4 Å². The number of hydrogen-bond donors (Lipinski definition) is 2. The van der Waals surface area contributed by atoms with Crippen LogP contribution in [0.4, 0.5) is 0 Å². The average molecular weight is 178 g/mol. The molecule has 0 aromatic carbocycles. The highest BCUT2D eigenvalue weighted by Crippen LogP contribution is 2.07. The van der Waals surface area contributed by atoms with Gasteiger partial charge in [0.05, 0.1) is 0 Å². The van der Waals surface area contributed by atoms with Gasteiger partial charge in [-0.05, 0) is 0 Å². The molecule has 0 aliphatic carbocycles. The van der Waals surface area contributed by atoms with Crippen LogP contribution in [0.1, 0.15) is 0 Å². The second kappa shape index (κ2) is 2.43. The zero-order valence-electron chi connectivity index (χ0n) is 6.36. The van der Waals surface area contributed by atoms with E-state index in [2.05, 4.69) is 10.6 Å². The summed E-state index contributed by atoms with van der Waals surface area (Å²) in [5.41, 5.74) is 0. The number of rotatable bonds is 0. The summed E-state index contributed by atoms with van der Waals surface area (Å²) in [7, 11) is -2.69. The van der Waals surface area contributed by atoms with E-state index in [1.54, 1.807) is 0 Å². The van der Waals surface area contributed by atoms with Crippen LogP contribution in [-0.4, -0.2) is 45.1 Å². The SMILES string of the molecule is O=S1(=O)C[C@H]2[NH2+]CC[NH2+][C@@H]2C1. The van der Waals surface area contributed by atoms with E-state index >= 15 is 0 Å². The molecule has 0 aromatic heterocycles. The maximum absolute atomic E-state index is 11.2. The van der Waals surface area contributed by atoms with Crippen LogP contribution in [0.3, 0.4) is 0 Å². The smallest absolute Gasteiger partial charge is 0.162 e. The van der Waals surface area contributed by atoms with Crippen LogP contribution in [0.15, 0.2) is 0 Å². The molecular weight excluding hydrogens is 164 g/mol. The predicted molar refractivity (Wildman–Crippen MR) is 39.8 cm³/mol. The number of quaternary nitrogens is 2. The van der Waals surface area contributed by atoms with Gasteiger partial charge in [-0.2, -0.15) is 0 Å². The van der Waals surface area contributed by atoms with Gasteiger partial charge < -0.3 is 10.6 Å². The molecule has 2 saturated heterocycles. The molecule has 2 atom stereocenters. The van der Waals surface area contributed by atoms with Crippen molar-refractivity contribution in [3.63, 3.8) is 0 Å². The van der Waals surface area contributed by atoms with Crippen LogP contribution in [0.2, 0.25) is 0 Å². The lowest BCUT2D eigenvalue weighted by Crippen LogP contribution is -3.11. The van der Waals surface area contributed by atoms with Crippen molar-refractivity contribution in [2.45, 2.75) is 12.1 Å². The lowest BCUT2D eigenvalue weighted by molar-refractivity contribution is -0.826. The standard InChI is InChI=1S/C6H12N2O2S/c9-11(10)3-5-6(4-11)8-2-1-7-5/h5-8H,1-4H2/p+2/t5-,6-/m1/s1. The molecule has 0 radical (unpaired) electrons. The molecule has 2 aliphatic heterocycles. The van der Waals surface area contributed by atoms with E-state index in [0.717, 1.165) is 13.1 Å². The normalized spacial score (nSPS) is 41.8. The fourth-order valence-electron chi connectivity index (χ4n) is 2.01. The molecule has 0 amide bonds. The quantitative estimate of drug-likeness (QED) is 0.401. The Morgan fingerprint density at radius 3 is 1.91 bits per heavy atom. The Morgan fingerprint density at radius 2 is 1.45 bits per heavy atom. The third-order valence-electron chi connectivity index (χ3n) is 2.55. The summed E-state index contributed by atoms with van der Waals surface area (Å²) >= 11 is 0. The average Bonchev–Trinajstić information content (AvgIpc) is 2.21. The molecule has 2 rings (SSSR count). The number of sulfone groups is 1. The summed E-state index contributed by atoms with van der Waals surface area (Å²) in [4.78, 5) is 0. The highest BCUT2D eigenvalue weighted by atomic mass is 32.2. The van der Waals surface area contributed by atoms with Crippen LogP contribution in [0.25, 0.3) is 0 Å². The van der Waals surface area contributed by atoms with Crippen molar-refractivity contribution in [1.29, 1.82) is 0 Å². The van der Waals surface area contributed by atoms with Gasteiger partial charge in [0, 0.05) is 0 Å². The van der Waals surface area contributed by atoms with Crippen molar-refractivity contribution in [2.75, 3.05) is 24.6 Å². The lowest BCUT2D eigenvalue weighted by Gasteiger charge is -2.19. The van der Waals surface area contributed by atoms with Crippen LogP contribution >= 0.6 is 0 Å².